The zero-order valence-electron chi connectivity index (χ0n) is 12.1. The molecule has 3 rings (SSSR count). The molecule has 20 heavy (non-hydrogen) atoms. The summed E-state index contributed by atoms with van der Waals surface area (Å²) in [7, 11) is 0. The highest BCUT2D eigenvalue weighted by molar-refractivity contribution is 5.32. The molecule has 0 spiro atoms. The molecule has 0 amide bonds. The number of rotatable bonds is 3. The summed E-state index contributed by atoms with van der Waals surface area (Å²) in [6.07, 6.45) is -0.413. The van der Waals surface area contributed by atoms with E-state index in [1.807, 2.05) is 6.07 Å². The molecule has 0 aliphatic carbocycles. The number of benzene rings is 2. The number of fused-ring (bicyclic) bond motifs is 1. The predicted octanol–water partition coefficient (Wildman–Crippen LogP) is 3.35. The average molecular weight is 267 g/mol. The lowest BCUT2D eigenvalue weighted by Gasteiger charge is -2.20. The Morgan fingerprint density at radius 3 is 2.25 bits per heavy atom. The van der Waals surface area contributed by atoms with E-state index in [2.05, 4.69) is 55.1 Å². The van der Waals surface area contributed by atoms with Crippen LogP contribution in [-0.2, 0) is 13.1 Å². The zero-order chi connectivity index (χ0) is 14.1. The quantitative estimate of drug-likeness (QED) is 0.922. The first-order valence-electron chi connectivity index (χ1n) is 7.18. The third kappa shape index (κ3) is 2.62. The second-order valence-electron chi connectivity index (χ2n) is 5.80. The van der Waals surface area contributed by atoms with Crippen molar-refractivity contribution in [1.29, 1.82) is 0 Å². The Morgan fingerprint density at radius 2 is 1.65 bits per heavy atom. The summed E-state index contributed by atoms with van der Waals surface area (Å²) in [5, 5.41) is 10.4. The maximum Gasteiger partial charge on any atom is 0.0917 e. The molecular weight excluding hydrogens is 246 g/mol. The van der Waals surface area contributed by atoms with Gasteiger partial charge < -0.3 is 5.11 Å². The lowest BCUT2D eigenvalue weighted by molar-refractivity contribution is 0.112. The molecule has 1 unspecified atom stereocenters. The van der Waals surface area contributed by atoms with Crippen molar-refractivity contribution in [3.63, 3.8) is 0 Å². The molecular formula is C18H21NO. The fraction of sp³-hybridized carbons (Fsp3) is 0.333. The van der Waals surface area contributed by atoms with Gasteiger partial charge in [0.1, 0.15) is 0 Å². The predicted molar refractivity (Wildman–Crippen MR) is 81.4 cm³/mol. The van der Waals surface area contributed by atoms with E-state index < -0.39 is 6.10 Å². The van der Waals surface area contributed by atoms with Gasteiger partial charge in [0.25, 0.3) is 0 Å². The van der Waals surface area contributed by atoms with E-state index in [4.69, 9.17) is 0 Å². The molecule has 2 nitrogen and oxygen atoms in total. The molecule has 1 aliphatic heterocycles. The smallest absolute Gasteiger partial charge is 0.0917 e. The van der Waals surface area contributed by atoms with Crippen LogP contribution in [0.15, 0.2) is 42.5 Å². The fourth-order valence-electron chi connectivity index (χ4n) is 2.85. The average Bonchev–Trinajstić information content (AvgIpc) is 2.83. The fourth-order valence-corrected chi connectivity index (χ4v) is 2.85. The largest absolute Gasteiger partial charge is 0.387 e. The van der Waals surface area contributed by atoms with E-state index in [-0.39, 0.29) is 0 Å². The van der Waals surface area contributed by atoms with Crippen molar-refractivity contribution in [2.75, 3.05) is 6.54 Å². The summed E-state index contributed by atoms with van der Waals surface area (Å²) < 4.78 is 0. The minimum atomic E-state index is -0.413. The standard InChI is InChI=1S/C18H21NO/c1-13-7-8-15(9-14(13)2)18(20)12-19-10-16-5-3-4-6-17(16)11-19/h3-9,18,20H,10-12H2,1-2H3. The minimum absolute atomic E-state index is 0.413. The van der Waals surface area contributed by atoms with Crippen LogP contribution >= 0.6 is 0 Å². The normalized spacial score (nSPS) is 16.1. The van der Waals surface area contributed by atoms with Crippen LogP contribution in [0.25, 0.3) is 0 Å². The van der Waals surface area contributed by atoms with Crippen molar-refractivity contribution >= 4 is 0 Å². The van der Waals surface area contributed by atoms with Crippen LogP contribution in [-0.4, -0.2) is 16.6 Å². The van der Waals surface area contributed by atoms with Gasteiger partial charge in [0.05, 0.1) is 6.10 Å². The van der Waals surface area contributed by atoms with Crippen LogP contribution in [0.2, 0.25) is 0 Å². The van der Waals surface area contributed by atoms with Gasteiger partial charge in [0.15, 0.2) is 0 Å². The van der Waals surface area contributed by atoms with Crippen LogP contribution < -0.4 is 0 Å². The molecule has 2 heteroatoms. The van der Waals surface area contributed by atoms with Crippen LogP contribution in [0.1, 0.15) is 33.9 Å². The molecule has 1 N–H and O–H groups in total. The lowest BCUT2D eigenvalue weighted by Crippen LogP contribution is -2.23. The molecule has 2 aromatic carbocycles. The molecule has 104 valence electrons. The van der Waals surface area contributed by atoms with Crippen molar-refractivity contribution in [2.24, 2.45) is 0 Å². The van der Waals surface area contributed by atoms with Crippen molar-refractivity contribution in [2.45, 2.75) is 33.0 Å². The lowest BCUT2D eigenvalue weighted by atomic mass is 10.0. The zero-order valence-corrected chi connectivity index (χ0v) is 12.1. The number of hydrogen-bond acceptors (Lipinski definition) is 2. The van der Waals surface area contributed by atoms with Gasteiger partial charge in [-0.1, -0.05) is 42.5 Å². The molecule has 1 heterocycles. The highest BCUT2D eigenvalue weighted by Crippen LogP contribution is 2.25. The summed E-state index contributed by atoms with van der Waals surface area (Å²) in [6.45, 7) is 6.77. The van der Waals surface area contributed by atoms with Crippen LogP contribution in [0.4, 0.5) is 0 Å². The Bertz CT molecular complexity index is 596. The highest BCUT2D eigenvalue weighted by Gasteiger charge is 2.21. The highest BCUT2D eigenvalue weighted by atomic mass is 16.3. The summed E-state index contributed by atoms with van der Waals surface area (Å²) in [4.78, 5) is 2.31. The summed E-state index contributed by atoms with van der Waals surface area (Å²) >= 11 is 0. The topological polar surface area (TPSA) is 23.5 Å². The third-order valence-corrected chi connectivity index (χ3v) is 4.25. The number of aryl methyl sites for hydroxylation is 2. The van der Waals surface area contributed by atoms with Crippen LogP contribution in [0, 0.1) is 13.8 Å². The Labute approximate surface area is 120 Å². The molecule has 1 atom stereocenters. The summed E-state index contributed by atoms with van der Waals surface area (Å²) in [6, 6.07) is 14.8. The second-order valence-corrected chi connectivity index (χ2v) is 5.80. The van der Waals surface area contributed by atoms with E-state index in [0.29, 0.717) is 6.54 Å². The van der Waals surface area contributed by atoms with E-state index in [1.165, 1.54) is 22.3 Å². The van der Waals surface area contributed by atoms with Gasteiger partial charge in [-0.05, 0) is 41.7 Å². The molecule has 0 radical (unpaired) electrons. The van der Waals surface area contributed by atoms with Gasteiger partial charge in [0, 0.05) is 19.6 Å². The Kier molecular flexibility index (Phi) is 3.60. The van der Waals surface area contributed by atoms with E-state index in [0.717, 1.165) is 18.7 Å². The Morgan fingerprint density at radius 1 is 1.00 bits per heavy atom. The third-order valence-electron chi connectivity index (χ3n) is 4.25. The first kappa shape index (κ1) is 13.3. The molecule has 0 aromatic heterocycles. The minimum Gasteiger partial charge on any atom is -0.387 e. The van der Waals surface area contributed by atoms with Gasteiger partial charge in [-0.2, -0.15) is 0 Å². The molecule has 0 saturated heterocycles. The Hall–Kier alpha value is -1.64. The number of aliphatic hydroxyl groups is 1. The molecule has 0 fully saturated rings. The number of β-amino-alcohol motifs (C(OH)–C–C–N with tert-alkyl or cyclic N) is 1. The maximum atomic E-state index is 10.4. The van der Waals surface area contributed by atoms with Gasteiger partial charge in [-0.15, -0.1) is 0 Å². The molecule has 2 aromatic rings. The van der Waals surface area contributed by atoms with E-state index in [1.54, 1.807) is 0 Å². The molecule has 0 bridgehead atoms. The number of hydrogen-bond donors (Lipinski definition) is 1. The molecule has 0 saturated carbocycles. The van der Waals surface area contributed by atoms with E-state index in [9.17, 15) is 5.11 Å². The van der Waals surface area contributed by atoms with Gasteiger partial charge in [-0.3, -0.25) is 4.90 Å². The second kappa shape index (κ2) is 5.39. The van der Waals surface area contributed by atoms with Gasteiger partial charge in [0.2, 0.25) is 0 Å². The van der Waals surface area contributed by atoms with Crippen molar-refractivity contribution in [1.82, 2.24) is 4.90 Å². The van der Waals surface area contributed by atoms with Crippen molar-refractivity contribution in [3.05, 3.63) is 70.3 Å². The summed E-state index contributed by atoms with van der Waals surface area (Å²) in [5.74, 6) is 0. The van der Waals surface area contributed by atoms with Crippen molar-refractivity contribution < 1.29 is 5.11 Å². The van der Waals surface area contributed by atoms with E-state index >= 15 is 0 Å². The summed E-state index contributed by atoms with van der Waals surface area (Å²) in [5.41, 5.74) is 6.31. The monoisotopic (exact) mass is 267 g/mol. The molecule has 1 aliphatic rings. The first-order valence-corrected chi connectivity index (χ1v) is 7.18. The maximum absolute atomic E-state index is 10.4. The van der Waals surface area contributed by atoms with Gasteiger partial charge in [-0.25, -0.2) is 0 Å². The Balaban J connectivity index is 1.68. The first-order chi connectivity index (χ1) is 9.63. The van der Waals surface area contributed by atoms with Crippen LogP contribution in [0.5, 0.6) is 0 Å². The number of nitrogens with zero attached hydrogens (tertiary/aromatic N) is 1. The van der Waals surface area contributed by atoms with Gasteiger partial charge >= 0.3 is 0 Å². The SMILES string of the molecule is Cc1ccc(C(O)CN2Cc3ccccc3C2)cc1C. The van der Waals surface area contributed by atoms with Crippen LogP contribution in [0.3, 0.4) is 0 Å². The number of aliphatic hydroxyl groups excluding tert-OH is 1. The van der Waals surface area contributed by atoms with Crippen molar-refractivity contribution in [3.8, 4) is 0 Å².